The van der Waals surface area contributed by atoms with E-state index in [-0.39, 0.29) is 6.10 Å². The summed E-state index contributed by atoms with van der Waals surface area (Å²) in [7, 11) is 0. The van der Waals surface area contributed by atoms with E-state index in [1.165, 1.54) is 0 Å². The van der Waals surface area contributed by atoms with E-state index in [1.54, 1.807) is 17.1 Å². The topological polar surface area (TPSA) is 77.8 Å². The van der Waals surface area contributed by atoms with Crippen LogP contribution in [0.2, 0.25) is 0 Å². The number of nitrogens with one attached hydrogen (secondary N) is 1. The summed E-state index contributed by atoms with van der Waals surface area (Å²) in [5, 5.41) is 7.17. The molecule has 0 aliphatic rings. The molecule has 0 aliphatic heterocycles. The molecule has 102 valence electrons. The predicted octanol–water partition coefficient (Wildman–Crippen LogP) is 1.67. The molecule has 2 rings (SSSR count). The van der Waals surface area contributed by atoms with Crippen LogP contribution in [0.15, 0.2) is 18.5 Å². The van der Waals surface area contributed by atoms with E-state index in [1.807, 2.05) is 26.8 Å². The molecule has 1 atom stereocenters. The molecule has 0 amide bonds. The Morgan fingerprint density at radius 3 is 2.79 bits per heavy atom. The van der Waals surface area contributed by atoms with Crippen LogP contribution in [0.4, 0.5) is 5.95 Å². The molecule has 19 heavy (non-hydrogen) atoms. The first kappa shape index (κ1) is 13.3. The summed E-state index contributed by atoms with van der Waals surface area (Å²) in [6.07, 6.45) is 4.39. The van der Waals surface area contributed by atoms with E-state index in [0.29, 0.717) is 17.9 Å². The summed E-state index contributed by atoms with van der Waals surface area (Å²) in [5.41, 5.74) is 0. The third kappa shape index (κ3) is 3.40. The summed E-state index contributed by atoms with van der Waals surface area (Å²) in [6, 6.07) is 2.12. The number of rotatable bonds is 6. The summed E-state index contributed by atoms with van der Waals surface area (Å²) < 4.78 is 7.22. The zero-order valence-corrected chi connectivity index (χ0v) is 11.4. The van der Waals surface area contributed by atoms with Gasteiger partial charge in [0, 0.05) is 18.9 Å². The number of nitrogens with zero attached hydrogens (tertiary/aromatic N) is 5. The van der Waals surface area contributed by atoms with E-state index in [2.05, 4.69) is 25.4 Å². The van der Waals surface area contributed by atoms with Crippen molar-refractivity contribution in [2.75, 3.05) is 11.9 Å². The maximum Gasteiger partial charge on any atom is 0.323 e. The van der Waals surface area contributed by atoms with E-state index in [4.69, 9.17) is 4.74 Å². The molecule has 2 aromatic heterocycles. The van der Waals surface area contributed by atoms with Crippen LogP contribution in [0, 0.1) is 0 Å². The van der Waals surface area contributed by atoms with Crippen LogP contribution in [0.3, 0.4) is 0 Å². The van der Waals surface area contributed by atoms with E-state index < -0.39 is 0 Å². The first-order valence-electron chi connectivity index (χ1n) is 6.39. The fraction of sp³-hybridized carbons (Fsp3) is 0.500. The van der Waals surface area contributed by atoms with E-state index >= 15 is 0 Å². The van der Waals surface area contributed by atoms with Gasteiger partial charge in [0.25, 0.3) is 5.95 Å². The number of hydrogen-bond donors (Lipinski definition) is 1. The molecular formula is C12H18N6O. The molecule has 7 heteroatoms. The molecule has 1 unspecified atom stereocenters. The highest BCUT2D eigenvalue weighted by atomic mass is 16.5. The van der Waals surface area contributed by atoms with Gasteiger partial charge in [-0.25, -0.2) is 4.68 Å². The van der Waals surface area contributed by atoms with Crippen LogP contribution in [0.1, 0.15) is 27.2 Å². The lowest BCUT2D eigenvalue weighted by Crippen LogP contribution is -2.15. The lowest BCUT2D eigenvalue weighted by atomic mass is 10.3. The molecular weight excluding hydrogens is 244 g/mol. The highest BCUT2D eigenvalue weighted by Crippen LogP contribution is 2.12. The third-order valence-corrected chi connectivity index (χ3v) is 2.53. The molecule has 0 spiro atoms. The maximum absolute atomic E-state index is 5.65. The standard InChI is InChI=1S/C12H18N6O/c1-4-9(3)19-12-16-10(13-5-2)15-11(17-12)18-8-6-7-14-18/h6-9H,4-5H2,1-3H3,(H,13,15,16,17). The van der Waals surface area contributed by atoms with Crippen LogP contribution in [0.25, 0.3) is 5.95 Å². The Morgan fingerprint density at radius 2 is 2.16 bits per heavy atom. The zero-order valence-electron chi connectivity index (χ0n) is 11.4. The van der Waals surface area contributed by atoms with Gasteiger partial charge in [-0.2, -0.15) is 20.1 Å². The molecule has 0 saturated heterocycles. The molecule has 0 radical (unpaired) electrons. The van der Waals surface area contributed by atoms with Crippen molar-refractivity contribution >= 4 is 5.95 Å². The van der Waals surface area contributed by atoms with Crippen molar-refractivity contribution in [1.29, 1.82) is 0 Å². The molecule has 0 fully saturated rings. The first-order valence-corrected chi connectivity index (χ1v) is 6.39. The number of ether oxygens (including phenoxy) is 1. The average Bonchev–Trinajstić information content (AvgIpc) is 2.92. The SMILES string of the molecule is CCNc1nc(OC(C)CC)nc(-n2cccn2)n1. The van der Waals surface area contributed by atoms with Crippen LogP contribution >= 0.6 is 0 Å². The third-order valence-electron chi connectivity index (χ3n) is 2.53. The fourth-order valence-electron chi connectivity index (χ4n) is 1.39. The lowest BCUT2D eigenvalue weighted by Gasteiger charge is -2.12. The minimum absolute atomic E-state index is 0.0577. The Labute approximate surface area is 112 Å². The van der Waals surface area contributed by atoms with Crippen molar-refractivity contribution < 1.29 is 4.74 Å². The van der Waals surface area contributed by atoms with Crippen LogP contribution < -0.4 is 10.1 Å². The predicted molar refractivity (Wildman–Crippen MR) is 71.5 cm³/mol. The van der Waals surface area contributed by atoms with Gasteiger partial charge >= 0.3 is 6.01 Å². The summed E-state index contributed by atoms with van der Waals surface area (Å²) in [4.78, 5) is 12.8. The van der Waals surface area contributed by atoms with Gasteiger partial charge in [0.2, 0.25) is 5.95 Å². The summed E-state index contributed by atoms with van der Waals surface area (Å²) in [6.45, 7) is 6.73. The van der Waals surface area contributed by atoms with Crippen molar-refractivity contribution in [2.45, 2.75) is 33.3 Å². The van der Waals surface area contributed by atoms with Gasteiger partial charge in [-0.1, -0.05) is 6.92 Å². The maximum atomic E-state index is 5.65. The Bertz CT molecular complexity index is 513. The molecule has 2 aromatic rings. The second kappa shape index (κ2) is 6.12. The average molecular weight is 262 g/mol. The summed E-state index contributed by atoms with van der Waals surface area (Å²) >= 11 is 0. The lowest BCUT2D eigenvalue weighted by molar-refractivity contribution is 0.198. The van der Waals surface area contributed by atoms with E-state index in [0.717, 1.165) is 13.0 Å². The number of hydrogen-bond acceptors (Lipinski definition) is 6. The molecule has 2 heterocycles. The van der Waals surface area contributed by atoms with Gasteiger partial charge in [0.05, 0.1) is 6.10 Å². The Morgan fingerprint density at radius 1 is 1.32 bits per heavy atom. The Balaban J connectivity index is 2.32. The van der Waals surface area contributed by atoms with Gasteiger partial charge in [-0.15, -0.1) is 0 Å². The summed E-state index contributed by atoms with van der Waals surface area (Å²) in [5.74, 6) is 0.926. The van der Waals surface area contributed by atoms with Crippen molar-refractivity contribution in [3.63, 3.8) is 0 Å². The highest BCUT2D eigenvalue weighted by molar-refractivity contribution is 5.29. The largest absolute Gasteiger partial charge is 0.460 e. The molecule has 1 N–H and O–H groups in total. The molecule has 0 saturated carbocycles. The smallest absolute Gasteiger partial charge is 0.323 e. The van der Waals surface area contributed by atoms with Crippen molar-refractivity contribution in [3.8, 4) is 12.0 Å². The monoisotopic (exact) mass is 262 g/mol. The minimum atomic E-state index is 0.0577. The van der Waals surface area contributed by atoms with E-state index in [9.17, 15) is 0 Å². The normalized spacial score (nSPS) is 12.2. The number of aromatic nitrogens is 5. The van der Waals surface area contributed by atoms with Gasteiger partial charge in [-0.3, -0.25) is 0 Å². The van der Waals surface area contributed by atoms with Crippen LogP contribution in [-0.4, -0.2) is 37.4 Å². The first-order chi connectivity index (χ1) is 9.22. The fourth-order valence-corrected chi connectivity index (χ4v) is 1.39. The molecule has 0 aliphatic carbocycles. The molecule has 0 aromatic carbocycles. The quantitative estimate of drug-likeness (QED) is 0.853. The molecule has 7 nitrogen and oxygen atoms in total. The van der Waals surface area contributed by atoms with Crippen LogP contribution in [0.5, 0.6) is 6.01 Å². The van der Waals surface area contributed by atoms with Gasteiger partial charge in [0.1, 0.15) is 0 Å². The highest BCUT2D eigenvalue weighted by Gasteiger charge is 2.11. The van der Waals surface area contributed by atoms with Crippen molar-refractivity contribution in [1.82, 2.24) is 24.7 Å². The Kier molecular flexibility index (Phi) is 4.27. The van der Waals surface area contributed by atoms with Gasteiger partial charge < -0.3 is 10.1 Å². The second-order valence-electron chi connectivity index (χ2n) is 4.06. The van der Waals surface area contributed by atoms with Crippen molar-refractivity contribution in [2.24, 2.45) is 0 Å². The Hall–Kier alpha value is -2.18. The second-order valence-corrected chi connectivity index (χ2v) is 4.06. The van der Waals surface area contributed by atoms with Gasteiger partial charge in [-0.05, 0) is 26.3 Å². The zero-order chi connectivity index (χ0) is 13.7. The minimum Gasteiger partial charge on any atom is -0.460 e. The van der Waals surface area contributed by atoms with Crippen LogP contribution in [-0.2, 0) is 0 Å². The van der Waals surface area contributed by atoms with Gasteiger partial charge in [0.15, 0.2) is 0 Å². The number of anilines is 1. The van der Waals surface area contributed by atoms with Crippen molar-refractivity contribution in [3.05, 3.63) is 18.5 Å². The molecule has 0 bridgehead atoms.